The van der Waals surface area contributed by atoms with Crippen molar-refractivity contribution >= 4 is 9.84 Å². The minimum absolute atomic E-state index is 0.0221. The molecule has 0 amide bonds. The van der Waals surface area contributed by atoms with Crippen molar-refractivity contribution in [2.75, 3.05) is 14.2 Å². The second-order valence-electron chi connectivity index (χ2n) is 9.13. The standard InChI is InChI=1S/C32H28N2O4S/c1-21-15-17-29(25(19-21)31(33-3)23-11-7-9-13-27(23)37-5)39(35,36)30-18-16-22(2)20-26(30)32(34-4)24-12-8-10-14-28(24)38-6/h7-20,31-32H,1-2,5-6H3. The number of hydrogen-bond donors (Lipinski definition) is 0. The molecular weight excluding hydrogens is 508 g/mol. The molecule has 0 aromatic heterocycles. The molecule has 0 aliphatic carbocycles. The number of hydrogen-bond acceptors (Lipinski definition) is 4. The molecule has 0 saturated carbocycles. The first-order chi connectivity index (χ1) is 18.8. The van der Waals surface area contributed by atoms with E-state index in [0.717, 1.165) is 11.1 Å². The zero-order chi connectivity index (χ0) is 28.2. The fourth-order valence-electron chi connectivity index (χ4n) is 4.77. The molecule has 4 aromatic rings. The van der Waals surface area contributed by atoms with Crippen LogP contribution in [0, 0.1) is 27.0 Å². The molecule has 0 aliphatic rings. The van der Waals surface area contributed by atoms with Crippen LogP contribution in [0.15, 0.2) is 94.7 Å². The summed E-state index contributed by atoms with van der Waals surface area (Å²) in [5, 5.41) is 0. The summed E-state index contributed by atoms with van der Waals surface area (Å²) in [5.41, 5.74) is 3.52. The minimum atomic E-state index is -4.17. The Labute approximate surface area is 230 Å². The molecular formula is C32H28N2O4S. The first-order valence-corrected chi connectivity index (χ1v) is 13.7. The van der Waals surface area contributed by atoms with Crippen molar-refractivity contribution in [3.05, 3.63) is 141 Å². The van der Waals surface area contributed by atoms with E-state index in [4.69, 9.17) is 22.6 Å². The normalized spacial score (nSPS) is 12.6. The van der Waals surface area contributed by atoms with Crippen molar-refractivity contribution in [1.82, 2.24) is 0 Å². The van der Waals surface area contributed by atoms with Gasteiger partial charge in [0, 0.05) is 0 Å². The molecule has 2 unspecified atom stereocenters. The Morgan fingerprint density at radius 1 is 0.615 bits per heavy atom. The number of benzene rings is 4. The Morgan fingerprint density at radius 2 is 1.00 bits per heavy atom. The van der Waals surface area contributed by atoms with E-state index in [1.807, 2.05) is 13.8 Å². The number of nitrogens with zero attached hydrogens (tertiary/aromatic N) is 2. The van der Waals surface area contributed by atoms with Crippen LogP contribution in [0.3, 0.4) is 0 Å². The number of para-hydroxylation sites is 2. The van der Waals surface area contributed by atoms with E-state index in [9.17, 15) is 8.42 Å². The monoisotopic (exact) mass is 536 g/mol. The SMILES string of the molecule is [C-]#[N+]C(c1ccccc1OC)c1cc(C)ccc1S(=O)(=O)c1ccc(C)cc1C([N+]#[C-])c1ccccc1OC. The maximum absolute atomic E-state index is 14.4. The average molecular weight is 537 g/mol. The molecule has 0 spiro atoms. The van der Waals surface area contributed by atoms with Crippen LogP contribution in [0.5, 0.6) is 11.5 Å². The fourth-order valence-corrected chi connectivity index (χ4v) is 6.46. The average Bonchev–Trinajstić information content (AvgIpc) is 2.94. The van der Waals surface area contributed by atoms with Crippen molar-refractivity contribution in [3.8, 4) is 11.5 Å². The van der Waals surface area contributed by atoms with Crippen LogP contribution in [0.2, 0.25) is 0 Å². The maximum atomic E-state index is 14.4. The lowest BCUT2D eigenvalue weighted by molar-refractivity contribution is 0.409. The fraction of sp³-hybridized carbons (Fsp3) is 0.188. The first kappa shape index (κ1) is 27.4. The van der Waals surface area contributed by atoms with Gasteiger partial charge in [0.1, 0.15) is 11.5 Å². The highest BCUT2D eigenvalue weighted by molar-refractivity contribution is 7.91. The molecule has 4 rings (SSSR count). The molecule has 196 valence electrons. The van der Waals surface area contributed by atoms with E-state index in [1.54, 1.807) is 84.9 Å². The van der Waals surface area contributed by atoms with Crippen molar-refractivity contribution < 1.29 is 17.9 Å². The highest BCUT2D eigenvalue weighted by Crippen LogP contribution is 2.42. The van der Waals surface area contributed by atoms with Crippen molar-refractivity contribution in [2.24, 2.45) is 0 Å². The van der Waals surface area contributed by atoms with Crippen LogP contribution in [0.4, 0.5) is 0 Å². The predicted molar refractivity (Wildman–Crippen MR) is 151 cm³/mol. The molecule has 4 aromatic carbocycles. The Bertz CT molecular complexity index is 1590. The summed E-state index contributed by atoms with van der Waals surface area (Å²) in [4.78, 5) is 7.73. The molecule has 6 nitrogen and oxygen atoms in total. The van der Waals surface area contributed by atoms with Gasteiger partial charge in [0.25, 0.3) is 12.1 Å². The summed E-state index contributed by atoms with van der Waals surface area (Å²) in [6.07, 6.45) is 0. The van der Waals surface area contributed by atoms with Gasteiger partial charge in [-0.3, -0.25) is 0 Å². The number of methoxy groups -OCH3 is 2. The molecule has 0 aliphatic heterocycles. The summed E-state index contributed by atoms with van der Waals surface area (Å²) in [5.74, 6) is 1.01. The quantitative estimate of drug-likeness (QED) is 0.224. The van der Waals surface area contributed by atoms with E-state index in [2.05, 4.69) is 9.69 Å². The van der Waals surface area contributed by atoms with Crippen LogP contribution < -0.4 is 9.47 Å². The van der Waals surface area contributed by atoms with Gasteiger partial charge in [-0.15, -0.1) is 0 Å². The van der Waals surface area contributed by atoms with Crippen LogP contribution in [0.25, 0.3) is 9.69 Å². The lowest BCUT2D eigenvalue weighted by atomic mass is 9.97. The second kappa shape index (κ2) is 11.4. The topological polar surface area (TPSA) is 61.3 Å². The van der Waals surface area contributed by atoms with Gasteiger partial charge in [-0.2, -0.15) is 0 Å². The Morgan fingerprint density at radius 3 is 1.36 bits per heavy atom. The number of ether oxygens (including phenoxy) is 2. The van der Waals surface area contributed by atoms with Gasteiger partial charge in [-0.05, 0) is 62.4 Å². The Hall–Kier alpha value is -4.59. The van der Waals surface area contributed by atoms with Crippen LogP contribution in [-0.4, -0.2) is 22.6 Å². The van der Waals surface area contributed by atoms with Crippen molar-refractivity contribution in [2.45, 2.75) is 35.7 Å². The van der Waals surface area contributed by atoms with Gasteiger partial charge in [-0.25, -0.2) is 21.6 Å². The summed E-state index contributed by atoms with van der Waals surface area (Å²) in [6.45, 7) is 19.8. The molecule has 0 fully saturated rings. The third-order valence-corrected chi connectivity index (χ3v) is 8.53. The lowest BCUT2D eigenvalue weighted by Crippen LogP contribution is -2.13. The summed E-state index contributed by atoms with van der Waals surface area (Å²) >= 11 is 0. The van der Waals surface area contributed by atoms with Gasteiger partial charge >= 0.3 is 0 Å². The van der Waals surface area contributed by atoms with Gasteiger partial charge in [-0.1, -0.05) is 47.5 Å². The molecule has 0 saturated heterocycles. The van der Waals surface area contributed by atoms with Gasteiger partial charge in [0.15, 0.2) is 0 Å². The van der Waals surface area contributed by atoms with E-state index in [0.29, 0.717) is 33.8 Å². The van der Waals surface area contributed by atoms with Crippen LogP contribution >= 0.6 is 0 Å². The number of rotatable bonds is 8. The highest BCUT2D eigenvalue weighted by atomic mass is 32.2. The molecule has 0 bridgehead atoms. The molecule has 39 heavy (non-hydrogen) atoms. The summed E-state index contributed by atoms with van der Waals surface area (Å²) in [7, 11) is -1.12. The molecule has 0 heterocycles. The van der Waals surface area contributed by atoms with E-state index >= 15 is 0 Å². The van der Waals surface area contributed by atoms with Crippen LogP contribution in [0.1, 0.15) is 45.5 Å². The Kier molecular flexibility index (Phi) is 8.04. The molecule has 0 radical (unpaired) electrons. The van der Waals surface area contributed by atoms with Gasteiger partial charge < -0.3 is 19.2 Å². The maximum Gasteiger partial charge on any atom is 0.278 e. The summed E-state index contributed by atoms with van der Waals surface area (Å²) < 4.78 is 39.9. The van der Waals surface area contributed by atoms with Gasteiger partial charge in [0.2, 0.25) is 9.84 Å². The van der Waals surface area contributed by atoms with E-state index in [-0.39, 0.29) is 9.79 Å². The third kappa shape index (κ3) is 5.23. The van der Waals surface area contributed by atoms with Crippen molar-refractivity contribution in [1.29, 1.82) is 0 Å². The van der Waals surface area contributed by atoms with E-state index in [1.165, 1.54) is 14.2 Å². The minimum Gasteiger partial charge on any atom is -0.496 e. The second-order valence-corrected chi connectivity index (χ2v) is 11.0. The van der Waals surface area contributed by atoms with Crippen molar-refractivity contribution in [3.63, 3.8) is 0 Å². The summed E-state index contributed by atoms with van der Waals surface area (Å²) in [6, 6.07) is 22.4. The zero-order valence-electron chi connectivity index (χ0n) is 22.2. The predicted octanol–water partition coefficient (Wildman–Crippen LogP) is 7.17. The lowest BCUT2D eigenvalue weighted by Gasteiger charge is -2.18. The highest BCUT2D eigenvalue weighted by Gasteiger charge is 2.36. The van der Waals surface area contributed by atoms with Gasteiger partial charge in [0.05, 0.1) is 46.3 Å². The number of sulfone groups is 1. The third-order valence-electron chi connectivity index (χ3n) is 6.62. The van der Waals surface area contributed by atoms with E-state index < -0.39 is 21.9 Å². The molecule has 2 atom stereocenters. The Balaban J connectivity index is 1.97. The first-order valence-electron chi connectivity index (χ1n) is 12.2. The smallest absolute Gasteiger partial charge is 0.278 e. The number of aryl methyl sites for hydroxylation is 2. The van der Waals surface area contributed by atoms with Crippen LogP contribution in [-0.2, 0) is 9.84 Å². The molecule has 7 heteroatoms. The largest absolute Gasteiger partial charge is 0.496 e. The molecule has 0 N–H and O–H groups in total. The zero-order valence-corrected chi connectivity index (χ0v) is 23.0.